The highest BCUT2D eigenvalue weighted by molar-refractivity contribution is 5.42. The third-order valence-electron chi connectivity index (χ3n) is 2.48. The molecule has 0 aromatic heterocycles. The lowest BCUT2D eigenvalue weighted by Gasteiger charge is -2.24. The highest BCUT2D eigenvalue weighted by Gasteiger charge is 2.21. The second kappa shape index (κ2) is 7.00. The summed E-state index contributed by atoms with van der Waals surface area (Å²) < 4.78 is 5.51. The molecule has 0 heterocycles. The summed E-state index contributed by atoms with van der Waals surface area (Å²) in [5.41, 5.74) is -0.465. The lowest BCUT2D eigenvalue weighted by molar-refractivity contribution is 0.0124. The number of benzene rings is 1. The van der Waals surface area contributed by atoms with Gasteiger partial charge in [-0.1, -0.05) is 19.1 Å². The molecule has 0 aliphatic heterocycles. The molecule has 1 aromatic carbocycles. The van der Waals surface area contributed by atoms with Crippen LogP contribution in [0.5, 0.6) is 5.75 Å². The predicted octanol–water partition coefficient (Wildman–Crippen LogP) is 1.69. The summed E-state index contributed by atoms with van der Waals surface area (Å²) in [7, 11) is 0. The fourth-order valence-electron chi connectivity index (χ4n) is 1.50. The molecule has 0 aliphatic rings. The summed E-state index contributed by atoms with van der Waals surface area (Å²) in [4.78, 5) is 0. The summed E-state index contributed by atoms with van der Waals surface area (Å²) >= 11 is 0. The van der Waals surface area contributed by atoms with Crippen LogP contribution in [0, 0.1) is 11.3 Å². The monoisotopic (exact) mass is 248 g/mol. The quantitative estimate of drug-likeness (QED) is 0.721. The van der Waals surface area contributed by atoms with E-state index in [0.29, 0.717) is 17.9 Å². The zero-order chi connectivity index (χ0) is 13.4. The van der Waals surface area contributed by atoms with E-state index < -0.39 is 5.60 Å². The Hall–Kier alpha value is -1.57. The maximum atomic E-state index is 10.1. The second-order valence-electron chi connectivity index (χ2n) is 4.57. The van der Waals surface area contributed by atoms with Crippen LogP contribution in [0.3, 0.4) is 0 Å². The molecular formula is C14H20N2O2. The van der Waals surface area contributed by atoms with Crippen molar-refractivity contribution in [2.45, 2.75) is 25.9 Å². The number of rotatable bonds is 7. The van der Waals surface area contributed by atoms with E-state index in [1.807, 2.05) is 0 Å². The van der Waals surface area contributed by atoms with Crippen molar-refractivity contribution in [2.75, 3.05) is 19.7 Å². The van der Waals surface area contributed by atoms with Crippen molar-refractivity contribution in [1.29, 1.82) is 5.26 Å². The van der Waals surface area contributed by atoms with E-state index >= 15 is 0 Å². The molecule has 0 spiro atoms. The number of para-hydroxylation sites is 1. The zero-order valence-corrected chi connectivity index (χ0v) is 10.9. The first-order valence-electron chi connectivity index (χ1n) is 6.14. The van der Waals surface area contributed by atoms with Gasteiger partial charge in [0, 0.05) is 6.54 Å². The molecule has 1 aromatic rings. The molecule has 1 rings (SSSR count). The van der Waals surface area contributed by atoms with Crippen molar-refractivity contribution in [3.05, 3.63) is 29.8 Å². The van der Waals surface area contributed by atoms with E-state index in [4.69, 9.17) is 10.00 Å². The van der Waals surface area contributed by atoms with Gasteiger partial charge in [-0.05, 0) is 32.0 Å². The Morgan fingerprint density at radius 1 is 1.44 bits per heavy atom. The van der Waals surface area contributed by atoms with Crippen LogP contribution >= 0.6 is 0 Å². The van der Waals surface area contributed by atoms with Crippen LogP contribution in [0.25, 0.3) is 0 Å². The summed E-state index contributed by atoms with van der Waals surface area (Å²) in [6.07, 6.45) is 1.02. The van der Waals surface area contributed by atoms with Gasteiger partial charge in [-0.3, -0.25) is 0 Å². The number of ether oxygens (including phenoxy) is 1. The van der Waals surface area contributed by atoms with Crippen molar-refractivity contribution < 1.29 is 9.84 Å². The standard InChI is InChI=1S/C14H20N2O2/c1-3-8-16-10-14(2,17)11-18-13-7-5-4-6-12(13)9-15/h4-7,16-17H,3,8,10-11H2,1-2H3. The molecule has 4 heteroatoms. The summed E-state index contributed by atoms with van der Waals surface area (Å²) in [6.45, 7) is 5.27. The molecule has 0 bridgehead atoms. The van der Waals surface area contributed by atoms with Crippen LogP contribution in [0.15, 0.2) is 24.3 Å². The molecule has 1 atom stereocenters. The van der Waals surface area contributed by atoms with E-state index in [9.17, 15) is 5.11 Å². The van der Waals surface area contributed by atoms with Crippen LogP contribution in [-0.4, -0.2) is 30.4 Å². The molecule has 0 fully saturated rings. The first-order valence-corrected chi connectivity index (χ1v) is 6.14. The molecule has 0 amide bonds. The summed E-state index contributed by atoms with van der Waals surface area (Å²) in [6, 6.07) is 9.08. The maximum Gasteiger partial charge on any atom is 0.137 e. The fourth-order valence-corrected chi connectivity index (χ4v) is 1.50. The van der Waals surface area contributed by atoms with Crippen molar-refractivity contribution in [2.24, 2.45) is 0 Å². The van der Waals surface area contributed by atoms with Gasteiger partial charge in [0.2, 0.25) is 0 Å². The molecule has 1 unspecified atom stereocenters. The highest BCUT2D eigenvalue weighted by atomic mass is 16.5. The average molecular weight is 248 g/mol. The third kappa shape index (κ3) is 4.74. The molecule has 4 nitrogen and oxygen atoms in total. The molecule has 0 saturated carbocycles. The van der Waals surface area contributed by atoms with Crippen LogP contribution < -0.4 is 10.1 Å². The number of hydrogen-bond donors (Lipinski definition) is 2. The van der Waals surface area contributed by atoms with Gasteiger partial charge in [0.1, 0.15) is 24.0 Å². The van der Waals surface area contributed by atoms with Crippen molar-refractivity contribution in [1.82, 2.24) is 5.32 Å². The van der Waals surface area contributed by atoms with Crippen LogP contribution in [0.1, 0.15) is 25.8 Å². The summed E-state index contributed by atoms with van der Waals surface area (Å²) in [5, 5.41) is 22.2. The van der Waals surface area contributed by atoms with Crippen molar-refractivity contribution in [3.63, 3.8) is 0 Å². The van der Waals surface area contributed by atoms with Crippen molar-refractivity contribution >= 4 is 0 Å². The lowest BCUT2D eigenvalue weighted by Crippen LogP contribution is -2.43. The molecule has 98 valence electrons. The van der Waals surface area contributed by atoms with Gasteiger partial charge in [-0.15, -0.1) is 0 Å². The Kier molecular flexibility index (Phi) is 5.63. The Morgan fingerprint density at radius 3 is 2.83 bits per heavy atom. The Bertz CT molecular complexity index is 411. The van der Waals surface area contributed by atoms with Gasteiger partial charge < -0.3 is 15.2 Å². The zero-order valence-electron chi connectivity index (χ0n) is 10.9. The van der Waals surface area contributed by atoms with E-state index in [1.165, 1.54) is 0 Å². The molecule has 0 aliphatic carbocycles. The Labute approximate surface area is 108 Å². The number of nitrogens with zero attached hydrogens (tertiary/aromatic N) is 1. The van der Waals surface area contributed by atoms with Gasteiger partial charge in [0.15, 0.2) is 0 Å². The Balaban J connectivity index is 2.51. The van der Waals surface area contributed by atoms with E-state index in [0.717, 1.165) is 13.0 Å². The molecule has 2 N–H and O–H groups in total. The van der Waals surface area contributed by atoms with E-state index in [2.05, 4.69) is 18.3 Å². The van der Waals surface area contributed by atoms with Gasteiger partial charge >= 0.3 is 0 Å². The first kappa shape index (κ1) is 14.5. The van der Waals surface area contributed by atoms with Gasteiger partial charge in [0.25, 0.3) is 0 Å². The minimum Gasteiger partial charge on any atom is -0.489 e. The normalized spacial score (nSPS) is 13.7. The first-order chi connectivity index (χ1) is 8.59. The number of aliphatic hydroxyl groups is 1. The number of nitriles is 1. The predicted molar refractivity (Wildman–Crippen MR) is 70.4 cm³/mol. The molecule has 0 saturated heterocycles. The molecular weight excluding hydrogens is 228 g/mol. The molecule has 0 radical (unpaired) electrons. The van der Waals surface area contributed by atoms with E-state index in [1.54, 1.807) is 31.2 Å². The minimum atomic E-state index is -0.947. The lowest BCUT2D eigenvalue weighted by atomic mass is 10.1. The Morgan fingerprint density at radius 2 is 2.17 bits per heavy atom. The van der Waals surface area contributed by atoms with Crippen LogP contribution in [-0.2, 0) is 0 Å². The minimum absolute atomic E-state index is 0.155. The van der Waals surface area contributed by atoms with Gasteiger partial charge in [0.05, 0.1) is 5.56 Å². The third-order valence-corrected chi connectivity index (χ3v) is 2.48. The number of hydrogen-bond acceptors (Lipinski definition) is 4. The van der Waals surface area contributed by atoms with E-state index in [-0.39, 0.29) is 6.61 Å². The molecule has 18 heavy (non-hydrogen) atoms. The largest absolute Gasteiger partial charge is 0.489 e. The maximum absolute atomic E-state index is 10.1. The highest BCUT2D eigenvalue weighted by Crippen LogP contribution is 2.18. The van der Waals surface area contributed by atoms with Gasteiger partial charge in [-0.25, -0.2) is 0 Å². The van der Waals surface area contributed by atoms with Crippen LogP contribution in [0.2, 0.25) is 0 Å². The summed E-state index contributed by atoms with van der Waals surface area (Å²) in [5.74, 6) is 0.510. The average Bonchev–Trinajstić information content (AvgIpc) is 2.37. The fraction of sp³-hybridized carbons (Fsp3) is 0.500. The smallest absolute Gasteiger partial charge is 0.137 e. The van der Waals surface area contributed by atoms with Crippen LogP contribution in [0.4, 0.5) is 0 Å². The number of nitrogens with one attached hydrogen (secondary N) is 1. The topological polar surface area (TPSA) is 65.3 Å². The second-order valence-corrected chi connectivity index (χ2v) is 4.57. The SMILES string of the molecule is CCCNCC(C)(O)COc1ccccc1C#N. The van der Waals surface area contributed by atoms with Gasteiger partial charge in [-0.2, -0.15) is 5.26 Å². The van der Waals surface area contributed by atoms with Crippen molar-refractivity contribution in [3.8, 4) is 11.8 Å².